The maximum atomic E-state index is 8.81. The lowest BCUT2D eigenvalue weighted by Crippen LogP contribution is -2.05. The van der Waals surface area contributed by atoms with Crippen LogP contribution >= 0.6 is 0 Å². The molecular weight excluding hydrogens is 230 g/mol. The highest BCUT2D eigenvalue weighted by molar-refractivity contribution is 5.52. The quantitative estimate of drug-likeness (QED) is 0.842. The number of ether oxygens (including phenoxy) is 1. The molecule has 2 N–H and O–H groups in total. The summed E-state index contributed by atoms with van der Waals surface area (Å²) in [6.07, 6.45) is 1.89. The van der Waals surface area contributed by atoms with Gasteiger partial charge in [-0.05, 0) is 19.1 Å². The first-order valence-electron chi connectivity index (χ1n) is 5.80. The van der Waals surface area contributed by atoms with Crippen molar-refractivity contribution in [2.75, 3.05) is 25.6 Å². The van der Waals surface area contributed by atoms with Crippen molar-refractivity contribution in [2.45, 2.75) is 6.92 Å². The third kappa shape index (κ3) is 2.46. The summed E-state index contributed by atoms with van der Waals surface area (Å²) in [6, 6.07) is 7.70. The van der Waals surface area contributed by atoms with Crippen LogP contribution in [0.5, 0.6) is 5.75 Å². The number of aryl methyl sites for hydroxylation is 1. The third-order valence-corrected chi connectivity index (χ3v) is 2.66. The predicted molar refractivity (Wildman–Crippen MR) is 70.4 cm³/mol. The van der Waals surface area contributed by atoms with Crippen LogP contribution in [-0.4, -0.2) is 35.1 Å². The van der Waals surface area contributed by atoms with Crippen LogP contribution in [0.25, 0.3) is 5.69 Å². The van der Waals surface area contributed by atoms with Crippen molar-refractivity contribution in [3.05, 3.63) is 36.2 Å². The molecule has 0 fully saturated rings. The Balaban J connectivity index is 2.33. The summed E-state index contributed by atoms with van der Waals surface area (Å²) < 4.78 is 7.08. The standard InChI is InChI=1S/C13H17N3O2/c1-10-11(14-7-8-17)9-16(15-10)12-5-3-4-6-13(12)18-2/h3-6,9,14,17H,7-8H2,1-2H3. The van der Waals surface area contributed by atoms with E-state index in [9.17, 15) is 0 Å². The second kappa shape index (κ2) is 5.55. The first-order valence-corrected chi connectivity index (χ1v) is 5.80. The summed E-state index contributed by atoms with van der Waals surface area (Å²) >= 11 is 0. The van der Waals surface area contributed by atoms with E-state index in [4.69, 9.17) is 9.84 Å². The van der Waals surface area contributed by atoms with Gasteiger partial charge in [0.15, 0.2) is 0 Å². The number of nitrogens with zero attached hydrogens (tertiary/aromatic N) is 2. The molecule has 5 heteroatoms. The maximum absolute atomic E-state index is 8.81. The van der Waals surface area contributed by atoms with E-state index in [0.717, 1.165) is 22.8 Å². The minimum atomic E-state index is 0.0965. The van der Waals surface area contributed by atoms with Gasteiger partial charge < -0.3 is 15.2 Å². The van der Waals surface area contributed by atoms with Gasteiger partial charge in [-0.25, -0.2) is 4.68 Å². The molecule has 0 radical (unpaired) electrons. The van der Waals surface area contributed by atoms with Gasteiger partial charge in [-0.3, -0.25) is 0 Å². The van der Waals surface area contributed by atoms with E-state index in [1.54, 1.807) is 11.8 Å². The largest absolute Gasteiger partial charge is 0.494 e. The highest BCUT2D eigenvalue weighted by Gasteiger charge is 2.09. The van der Waals surface area contributed by atoms with Crippen LogP contribution in [0, 0.1) is 6.92 Å². The van der Waals surface area contributed by atoms with Crippen LogP contribution in [0.4, 0.5) is 5.69 Å². The minimum Gasteiger partial charge on any atom is -0.494 e. The second-order valence-corrected chi connectivity index (χ2v) is 3.89. The Labute approximate surface area is 106 Å². The van der Waals surface area contributed by atoms with Crippen LogP contribution in [0.15, 0.2) is 30.5 Å². The number of methoxy groups -OCH3 is 1. The molecule has 5 nitrogen and oxygen atoms in total. The first-order chi connectivity index (χ1) is 8.76. The zero-order valence-electron chi connectivity index (χ0n) is 10.6. The Morgan fingerprint density at radius 1 is 1.39 bits per heavy atom. The Hall–Kier alpha value is -2.01. The summed E-state index contributed by atoms with van der Waals surface area (Å²) in [4.78, 5) is 0. The van der Waals surface area contributed by atoms with Gasteiger partial charge in [0.1, 0.15) is 11.4 Å². The predicted octanol–water partition coefficient (Wildman–Crippen LogP) is 1.59. The molecule has 0 saturated heterocycles. The maximum Gasteiger partial charge on any atom is 0.144 e. The Bertz CT molecular complexity index is 523. The molecular formula is C13H17N3O2. The van der Waals surface area contributed by atoms with Crippen molar-refractivity contribution < 1.29 is 9.84 Å². The zero-order chi connectivity index (χ0) is 13.0. The molecule has 18 heavy (non-hydrogen) atoms. The van der Waals surface area contributed by atoms with Gasteiger partial charge in [0, 0.05) is 6.54 Å². The molecule has 0 unspecified atom stereocenters. The summed E-state index contributed by atoms with van der Waals surface area (Å²) in [6.45, 7) is 2.53. The van der Waals surface area contributed by atoms with E-state index in [1.807, 2.05) is 37.4 Å². The third-order valence-electron chi connectivity index (χ3n) is 2.66. The van der Waals surface area contributed by atoms with E-state index in [-0.39, 0.29) is 6.61 Å². The number of nitrogens with one attached hydrogen (secondary N) is 1. The molecule has 1 aromatic heterocycles. The molecule has 0 aliphatic heterocycles. The van der Waals surface area contributed by atoms with Crippen LogP contribution in [0.2, 0.25) is 0 Å². The monoisotopic (exact) mass is 247 g/mol. The number of rotatable bonds is 5. The molecule has 1 heterocycles. The number of aliphatic hydroxyl groups is 1. The van der Waals surface area contributed by atoms with E-state index in [0.29, 0.717) is 6.54 Å². The van der Waals surface area contributed by atoms with Crippen molar-refractivity contribution in [2.24, 2.45) is 0 Å². The van der Waals surface area contributed by atoms with Gasteiger partial charge in [-0.1, -0.05) is 12.1 Å². The summed E-state index contributed by atoms with van der Waals surface area (Å²) in [7, 11) is 1.64. The molecule has 2 aromatic rings. The Morgan fingerprint density at radius 3 is 2.89 bits per heavy atom. The topological polar surface area (TPSA) is 59.3 Å². The number of hydrogen-bond acceptors (Lipinski definition) is 4. The summed E-state index contributed by atoms with van der Waals surface area (Å²) in [5.41, 5.74) is 2.68. The fourth-order valence-electron chi connectivity index (χ4n) is 1.77. The molecule has 0 saturated carbocycles. The van der Waals surface area contributed by atoms with Gasteiger partial charge in [0.05, 0.1) is 31.3 Å². The lowest BCUT2D eigenvalue weighted by Gasteiger charge is -2.07. The van der Waals surface area contributed by atoms with Crippen molar-refractivity contribution in [3.8, 4) is 11.4 Å². The van der Waals surface area contributed by atoms with E-state index in [1.165, 1.54) is 0 Å². The average molecular weight is 247 g/mol. The molecule has 96 valence electrons. The Morgan fingerprint density at radius 2 is 2.17 bits per heavy atom. The van der Waals surface area contributed by atoms with E-state index in [2.05, 4.69) is 10.4 Å². The summed E-state index contributed by atoms with van der Waals surface area (Å²) in [5.74, 6) is 0.772. The lowest BCUT2D eigenvalue weighted by atomic mass is 10.3. The molecule has 0 spiro atoms. The fourth-order valence-corrected chi connectivity index (χ4v) is 1.77. The van der Waals surface area contributed by atoms with Gasteiger partial charge in [0.2, 0.25) is 0 Å². The molecule has 0 aliphatic carbocycles. The van der Waals surface area contributed by atoms with Crippen LogP contribution < -0.4 is 10.1 Å². The van der Waals surface area contributed by atoms with Crippen LogP contribution in [0.1, 0.15) is 5.69 Å². The molecule has 1 aromatic carbocycles. The second-order valence-electron chi connectivity index (χ2n) is 3.89. The normalized spacial score (nSPS) is 10.4. The van der Waals surface area contributed by atoms with E-state index < -0.39 is 0 Å². The Kier molecular flexibility index (Phi) is 3.84. The van der Waals surface area contributed by atoms with Gasteiger partial charge in [0.25, 0.3) is 0 Å². The van der Waals surface area contributed by atoms with Gasteiger partial charge >= 0.3 is 0 Å². The highest BCUT2D eigenvalue weighted by atomic mass is 16.5. The van der Waals surface area contributed by atoms with Crippen molar-refractivity contribution in [3.63, 3.8) is 0 Å². The molecule has 0 amide bonds. The van der Waals surface area contributed by atoms with Crippen molar-refractivity contribution >= 4 is 5.69 Å². The van der Waals surface area contributed by atoms with E-state index >= 15 is 0 Å². The van der Waals surface area contributed by atoms with Crippen LogP contribution in [0.3, 0.4) is 0 Å². The number of benzene rings is 1. The average Bonchev–Trinajstić information content (AvgIpc) is 2.77. The molecule has 0 atom stereocenters. The molecule has 2 rings (SSSR count). The molecule has 0 aliphatic rings. The van der Waals surface area contributed by atoms with Crippen molar-refractivity contribution in [1.29, 1.82) is 0 Å². The molecule has 0 bridgehead atoms. The fraction of sp³-hybridized carbons (Fsp3) is 0.308. The number of aliphatic hydroxyl groups excluding tert-OH is 1. The van der Waals surface area contributed by atoms with Crippen molar-refractivity contribution in [1.82, 2.24) is 9.78 Å². The number of para-hydroxylation sites is 2. The number of anilines is 1. The van der Waals surface area contributed by atoms with Gasteiger partial charge in [-0.2, -0.15) is 5.10 Å². The van der Waals surface area contributed by atoms with Gasteiger partial charge in [-0.15, -0.1) is 0 Å². The smallest absolute Gasteiger partial charge is 0.144 e. The first kappa shape index (κ1) is 12.4. The zero-order valence-corrected chi connectivity index (χ0v) is 10.6. The highest BCUT2D eigenvalue weighted by Crippen LogP contribution is 2.24. The lowest BCUT2D eigenvalue weighted by molar-refractivity contribution is 0.311. The minimum absolute atomic E-state index is 0.0965. The number of aromatic nitrogens is 2. The summed E-state index contributed by atoms with van der Waals surface area (Å²) in [5, 5.41) is 16.4. The SMILES string of the molecule is COc1ccccc1-n1cc(NCCO)c(C)n1. The number of hydrogen-bond donors (Lipinski definition) is 2. The van der Waals surface area contributed by atoms with Crippen LogP contribution in [-0.2, 0) is 0 Å².